The van der Waals surface area contributed by atoms with Crippen molar-refractivity contribution in [3.05, 3.63) is 12.2 Å². The van der Waals surface area contributed by atoms with E-state index in [0.717, 1.165) is 0 Å². The van der Waals surface area contributed by atoms with Crippen LogP contribution in [0.4, 0.5) is 0 Å². The third-order valence-corrected chi connectivity index (χ3v) is 2.39. The summed E-state index contributed by atoms with van der Waals surface area (Å²) in [5.41, 5.74) is 0. The van der Waals surface area contributed by atoms with Crippen molar-refractivity contribution in [3.63, 3.8) is 0 Å². The Kier molecular flexibility index (Phi) is 3.12. The predicted octanol–water partition coefficient (Wildman–Crippen LogP) is 0.0164. The molecule has 0 bridgehead atoms. The number of ether oxygens (including phenoxy) is 3. The zero-order valence-corrected chi connectivity index (χ0v) is 9.97. The third-order valence-electron chi connectivity index (χ3n) is 2.39. The maximum absolute atomic E-state index is 11.4. The van der Waals surface area contributed by atoms with Crippen LogP contribution in [0.2, 0.25) is 0 Å². The number of methoxy groups -OCH3 is 1. The summed E-state index contributed by atoms with van der Waals surface area (Å²) in [5.74, 6) is -1.03. The fraction of sp³-hybridized carbons (Fsp3) is 0.700. The first-order valence-electron chi connectivity index (χ1n) is 5.23. The summed E-state index contributed by atoms with van der Waals surface area (Å²) in [6.45, 7) is 4.54. The second kappa shape index (κ2) is 4.42. The fourth-order valence-corrected chi connectivity index (χ4v) is 1.65. The van der Waals surface area contributed by atoms with Gasteiger partial charge in [-0.3, -0.25) is 4.57 Å². The molecule has 1 atom stereocenters. The van der Waals surface area contributed by atoms with Crippen LogP contribution in [0, 0.1) is 6.33 Å². The number of aromatic nitrogens is 3. The number of hydrogen-bond acceptors (Lipinski definition) is 6. The molecule has 1 aromatic heterocycles. The van der Waals surface area contributed by atoms with Crippen molar-refractivity contribution < 1.29 is 19.0 Å². The van der Waals surface area contributed by atoms with Crippen molar-refractivity contribution in [2.75, 3.05) is 13.7 Å². The average molecular weight is 240 g/mol. The summed E-state index contributed by atoms with van der Waals surface area (Å²) >= 11 is 0. The minimum Gasteiger partial charge on any atom is -0.463 e. The van der Waals surface area contributed by atoms with Gasteiger partial charge in [0, 0.05) is 0 Å². The monoisotopic (exact) mass is 240 g/mol. The van der Waals surface area contributed by atoms with Gasteiger partial charge in [-0.05, 0) is 13.8 Å². The Labute approximate surface area is 98.7 Å². The van der Waals surface area contributed by atoms with Gasteiger partial charge < -0.3 is 14.2 Å². The SMILES string of the molecule is COC(=O)c1nn[c]n1CC1COC(C)(C)O1. The van der Waals surface area contributed by atoms with Gasteiger partial charge in [0.2, 0.25) is 12.2 Å². The van der Waals surface area contributed by atoms with Gasteiger partial charge >= 0.3 is 5.97 Å². The van der Waals surface area contributed by atoms with Gasteiger partial charge in [0.15, 0.2) is 5.79 Å². The zero-order valence-electron chi connectivity index (χ0n) is 9.97. The summed E-state index contributed by atoms with van der Waals surface area (Å²) < 4.78 is 17.1. The molecule has 1 saturated heterocycles. The molecule has 93 valence electrons. The van der Waals surface area contributed by atoms with E-state index in [1.54, 1.807) is 0 Å². The molecule has 0 aromatic carbocycles. The summed E-state index contributed by atoms with van der Waals surface area (Å²) in [4.78, 5) is 11.4. The van der Waals surface area contributed by atoms with E-state index in [-0.39, 0.29) is 11.9 Å². The van der Waals surface area contributed by atoms with Crippen LogP contribution >= 0.6 is 0 Å². The van der Waals surface area contributed by atoms with Gasteiger partial charge in [-0.15, -0.1) is 10.2 Å². The van der Waals surface area contributed by atoms with E-state index >= 15 is 0 Å². The molecule has 0 aliphatic carbocycles. The van der Waals surface area contributed by atoms with Gasteiger partial charge in [0.1, 0.15) is 6.10 Å². The Morgan fingerprint density at radius 1 is 1.71 bits per heavy atom. The number of nitrogens with zero attached hydrogens (tertiary/aromatic N) is 3. The molecule has 7 heteroatoms. The fourth-order valence-electron chi connectivity index (χ4n) is 1.65. The maximum Gasteiger partial charge on any atom is 0.376 e. The Balaban J connectivity index is 2.05. The Bertz CT molecular complexity index is 415. The Hall–Kier alpha value is -1.47. The number of carbonyl (C=O) groups is 1. The van der Waals surface area contributed by atoms with Crippen LogP contribution in [-0.2, 0) is 20.8 Å². The van der Waals surface area contributed by atoms with Crippen LogP contribution in [-0.4, -0.2) is 46.3 Å². The van der Waals surface area contributed by atoms with E-state index in [2.05, 4.69) is 21.3 Å². The lowest BCUT2D eigenvalue weighted by molar-refractivity contribution is -0.139. The Morgan fingerprint density at radius 2 is 2.47 bits per heavy atom. The van der Waals surface area contributed by atoms with Crippen LogP contribution in [0.25, 0.3) is 0 Å². The van der Waals surface area contributed by atoms with E-state index in [4.69, 9.17) is 9.47 Å². The van der Waals surface area contributed by atoms with Crippen molar-refractivity contribution in [1.29, 1.82) is 0 Å². The van der Waals surface area contributed by atoms with Crippen molar-refractivity contribution in [2.45, 2.75) is 32.3 Å². The van der Waals surface area contributed by atoms with Gasteiger partial charge in [0.05, 0.1) is 20.3 Å². The lowest BCUT2D eigenvalue weighted by Gasteiger charge is -2.17. The first-order chi connectivity index (χ1) is 8.02. The Morgan fingerprint density at radius 3 is 3.06 bits per heavy atom. The highest BCUT2D eigenvalue weighted by Gasteiger charge is 2.33. The van der Waals surface area contributed by atoms with E-state index in [0.29, 0.717) is 13.2 Å². The first kappa shape index (κ1) is 12.0. The standard InChI is InChI=1S/C10H14N3O4/c1-10(2)16-5-7(17-10)4-13-6-11-12-8(13)9(14)15-3/h7H,4-5H2,1-3H3. The summed E-state index contributed by atoms with van der Waals surface area (Å²) in [6.07, 6.45) is 2.44. The van der Waals surface area contributed by atoms with Crippen molar-refractivity contribution >= 4 is 5.97 Å². The molecule has 17 heavy (non-hydrogen) atoms. The van der Waals surface area contributed by atoms with Crippen LogP contribution in [0.15, 0.2) is 0 Å². The van der Waals surface area contributed by atoms with Gasteiger partial charge in [-0.1, -0.05) is 0 Å². The number of esters is 1. The minimum atomic E-state index is -0.593. The molecule has 1 aromatic rings. The molecule has 0 saturated carbocycles. The lowest BCUT2D eigenvalue weighted by Crippen LogP contribution is -2.25. The molecular weight excluding hydrogens is 226 g/mol. The van der Waals surface area contributed by atoms with E-state index in [1.807, 2.05) is 13.8 Å². The van der Waals surface area contributed by atoms with E-state index < -0.39 is 11.8 Å². The minimum absolute atomic E-state index is 0.112. The molecule has 0 spiro atoms. The van der Waals surface area contributed by atoms with Gasteiger partial charge in [-0.25, -0.2) is 4.79 Å². The highest BCUT2D eigenvalue weighted by molar-refractivity contribution is 5.85. The second-order valence-electron chi connectivity index (χ2n) is 4.18. The second-order valence-corrected chi connectivity index (χ2v) is 4.18. The molecule has 0 amide bonds. The van der Waals surface area contributed by atoms with Crippen LogP contribution in [0.3, 0.4) is 0 Å². The molecule has 2 rings (SSSR count). The average Bonchev–Trinajstić information content (AvgIpc) is 2.85. The first-order valence-corrected chi connectivity index (χ1v) is 5.23. The number of rotatable bonds is 3. The summed E-state index contributed by atoms with van der Waals surface area (Å²) in [6, 6.07) is 0. The van der Waals surface area contributed by atoms with Crippen LogP contribution < -0.4 is 0 Å². The van der Waals surface area contributed by atoms with E-state index in [9.17, 15) is 4.79 Å². The van der Waals surface area contributed by atoms with E-state index in [1.165, 1.54) is 11.7 Å². The van der Waals surface area contributed by atoms with Gasteiger partial charge in [-0.2, -0.15) is 0 Å². The van der Waals surface area contributed by atoms with Crippen molar-refractivity contribution in [1.82, 2.24) is 14.8 Å². The van der Waals surface area contributed by atoms with Crippen LogP contribution in [0.5, 0.6) is 0 Å². The molecule has 1 radical (unpaired) electrons. The highest BCUT2D eigenvalue weighted by Crippen LogP contribution is 2.23. The summed E-state index contributed by atoms with van der Waals surface area (Å²) in [5, 5.41) is 7.21. The third kappa shape index (κ3) is 2.62. The van der Waals surface area contributed by atoms with Crippen molar-refractivity contribution in [2.24, 2.45) is 0 Å². The molecule has 0 N–H and O–H groups in total. The predicted molar refractivity (Wildman–Crippen MR) is 55.1 cm³/mol. The van der Waals surface area contributed by atoms with Crippen LogP contribution in [0.1, 0.15) is 24.5 Å². The molecule has 1 aliphatic heterocycles. The molecule has 2 heterocycles. The molecule has 1 fully saturated rings. The molecule has 1 aliphatic rings. The lowest BCUT2D eigenvalue weighted by atomic mass is 10.3. The number of hydrogen-bond donors (Lipinski definition) is 0. The topological polar surface area (TPSA) is 75.5 Å². The highest BCUT2D eigenvalue weighted by atomic mass is 16.7. The molecule has 1 unspecified atom stereocenters. The normalized spacial score (nSPS) is 22.6. The maximum atomic E-state index is 11.4. The molecule has 7 nitrogen and oxygen atoms in total. The van der Waals surface area contributed by atoms with Gasteiger partial charge in [0.25, 0.3) is 0 Å². The quantitative estimate of drug-likeness (QED) is 0.693. The smallest absolute Gasteiger partial charge is 0.376 e. The molecular formula is C10H14N3O4. The largest absolute Gasteiger partial charge is 0.463 e. The van der Waals surface area contributed by atoms with Crippen molar-refractivity contribution in [3.8, 4) is 0 Å². The summed E-state index contributed by atoms with van der Waals surface area (Å²) in [7, 11) is 1.29. The zero-order chi connectivity index (χ0) is 12.5. The number of carbonyl (C=O) groups excluding carboxylic acids is 1.